The fraction of sp³-hybridized carbons (Fsp3) is 0.571. The standard InChI is InChI=1S/C14H21NO2/c1-9-6-12(16-5)10(2)11(3)13(9)14(15-4)7-17-8-14/h6,15H,7-8H2,1-5H3. The maximum absolute atomic E-state index is 5.41. The smallest absolute Gasteiger partial charge is 0.122 e. The second-order valence-electron chi connectivity index (χ2n) is 4.85. The lowest BCUT2D eigenvalue weighted by molar-refractivity contribution is -0.0754. The number of methoxy groups -OCH3 is 1. The molecule has 0 spiro atoms. The molecule has 1 heterocycles. The van der Waals surface area contributed by atoms with Crippen molar-refractivity contribution in [1.29, 1.82) is 0 Å². The van der Waals surface area contributed by atoms with E-state index in [2.05, 4.69) is 32.2 Å². The minimum atomic E-state index is -0.00873. The fourth-order valence-electron chi connectivity index (χ4n) is 2.71. The molecular weight excluding hydrogens is 214 g/mol. The Balaban J connectivity index is 2.58. The van der Waals surface area contributed by atoms with Gasteiger partial charge in [0.05, 0.1) is 25.9 Å². The van der Waals surface area contributed by atoms with Crippen LogP contribution < -0.4 is 10.1 Å². The van der Waals surface area contributed by atoms with E-state index < -0.39 is 0 Å². The summed E-state index contributed by atoms with van der Waals surface area (Å²) in [4.78, 5) is 0. The van der Waals surface area contributed by atoms with Gasteiger partial charge in [0.25, 0.3) is 0 Å². The third-order valence-corrected chi connectivity index (χ3v) is 3.92. The average Bonchev–Trinajstić information content (AvgIpc) is 2.27. The van der Waals surface area contributed by atoms with Gasteiger partial charge in [-0.15, -0.1) is 0 Å². The highest BCUT2D eigenvalue weighted by atomic mass is 16.5. The lowest BCUT2D eigenvalue weighted by Gasteiger charge is -2.44. The van der Waals surface area contributed by atoms with Crippen LogP contribution in [-0.4, -0.2) is 27.4 Å². The molecule has 0 atom stereocenters. The second kappa shape index (κ2) is 4.31. The summed E-state index contributed by atoms with van der Waals surface area (Å²) in [5, 5.41) is 3.41. The molecule has 0 radical (unpaired) electrons. The molecule has 0 saturated carbocycles. The topological polar surface area (TPSA) is 30.5 Å². The number of hydrogen-bond acceptors (Lipinski definition) is 3. The molecule has 0 bridgehead atoms. The first-order chi connectivity index (χ1) is 8.05. The predicted octanol–water partition coefficient (Wildman–Crippen LogP) is 2.07. The Morgan fingerprint density at radius 3 is 2.29 bits per heavy atom. The maximum atomic E-state index is 5.41. The van der Waals surface area contributed by atoms with Crippen LogP contribution in [0.5, 0.6) is 5.75 Å². The van der Waals surface area contributed by atoms with E-state index >= 15 is 0 Å². The SMILES string of the molecule is CNC1(c2c(C)cc(OC)c(C)c2C)COC1. The molecule has 1 aliphatic rings. The molecule has 1 aromatic rings. The van der Waals surface area contributed by atoms with Crippen molar-refractivity contribution in [3.63, 3.8) is 0 Å². The third-order valence-electron chi connectivity index (χ3n) is 3.92. The molecule has 17 heavy (non-hydrogen) atoms. The molecule has 3 nitrogen and oxygen atoms in total. The summed E-state index contributed by atoms with van der Waals surface area (Å²) in [5.74, 6) is 0.968. The van der Waals surface area contributed by atoms with Gasteiger partial charge in [0, 0.05) is 0 Å². The number of likely N-dealkylation sites (N-methyl/N-ethyl adjacent to an activating group) is 1. The summed E-state index contributed by atoms with van der Waals surface area (Å²) in [5.41, 5.74) is 5.15. The van der Waals surface area contributed by atoms with Crippen molar-refractivity contribution in [1.82, 2.24) is 5.32 Å². The zero-order valence-electron chi connectivity index (χ0n) is 11.3. The van der Waals surface area contributed by atoms with E-state index in [-0.39, 0.29) is 5.54 Å². The Morgan fingerprint density at radius 1 is 1.24 bits per heavy atom. The number of ether oxygens (including phenoxy) is 2. The van der Waals surface area contributed by atoms with Gasteiger partial charge in [-0.1, -0.05) is 0 Å². The molecule has 0 aromatic heterocycles. The normalized spacial score (nSPS) is 17.7. The van der Waals surface area contributed by atoms with Crippen LogP contribution in [0.4, 0.5) is 0 Å². The lowest BCUT2D eigenvalue weighted by atomic mass is 9.80. The lowest BCUT2D eigenvalue weighted by Crippen LogP contribution is -2.56. The highest BCUT2D eigenvalue weighted by Crippen LogP contribution is 2.38. The van der Waals surface area contributed by atoms with Crippen molar-refractivity contribution in [3.05, 3.63) is 28.3 Å². The van der Waals surface area contributed by atoms with E-state index in [4.69, 9.17) is 9.47 Å². The number of benzene rings is 1. The van der Waals surface area contributed by atoms with Crippen molar-refractivity contribution in [2.45, 2.75) is 26.3 Å². The van der Waals surface area contributed by atoms with E-state index in [9.17, 15) is 0 Å². The van der Waals surface area contributed by atoms with Crippen LogP contribution in [0, 0.1) is 20.8 Å². The minimum absolute atomic E-state index is 0.00873. The molecule has 1 saturated heterocycles. The largest absolute Gasteiger partial charge is 0.496 e. The first-order valence-corrected chi connectivity index (χ1v) is 5.97. The maximum Gasteiger partial charge on any atom is 0.122 e. The molecule has 3 heteroatoms. The van der Waals surface area contributed by atoms with E-state index in [1.54, 1.807) is 7.11 Å². The molecule has 1 N–H and O–H groups in total. The summed E-state index contributed by atoms with van der Waals surface area (Å²) in [7, 11) is 3.72. The van der Waals surface area contributed by atoms with E-state index in [1.807, 2.05) is 7.05 Å². The molecular formula is C14H21NO2. The van der Waals surface area contributed by atoms with Crippen molar-refractivity contribution in [2.24, 2.45) is 0 Å². The van der Waals surface area contributed by atoms with Gasteiger partial charge < -0.3 is 14.8 Å². The number of hydrogen-bond donors (Lipinski definition) is 1. The Bertz CT molecular complexity index is 431. The Hall–Kier alpha value is -1.06. The van der Waals surface area contributed by atoms with Crippen molar-refractivity contribution < 1.29 is 9.47 Å². The van der Waals surface area contributed by atoms with E-state index in [0.29, 0.717) is 0 Å². The quantitative estimate of drug-likeness (QED) is 0.870. The Labute approximate surface area is 103 Å². The van der Waals surface area contributed by atoms with Gasteiger partial charge in [-0.05, 0) is 56.1 Å². The Morgan fingerprint density at radius 2 is 1.88 bits per heavy atom. The van der Waals surface area contributed by atoms with Crippen molar-refractivity contribution in [3.8, 4) is 5.75 Å². The predicted molar refractivity (Wildman–Crippen MR) is 68.8 cm³/mol. The second-order valence-corrected chi connectivity index (χ2v) is 4.85. The van der Waals surface area contributed by atoms with E-state index in [1.165, 1.54) is 22.3 Å². The van der Waals surface area contributed by atoms with Crippen LogP contribution in [0.25, 0.3) is 0 Å². The molecule has 1 aromatic carbocycles. The zero-order valence-corrected chi connectivity index (χ0v) is 11.3. The van der Waals surface area contributed by atoms with Gasteiger partial charge >= 0.3 is 0 Å². The van der Waals surface area contributed by atoms with Crippen molar-refractivity contribution in [2.75, 3.05) is 27.4 Å². The highest BCUT2D eigenvalue weighted by Gasteiger charge is 2.41. The molecule has 2 rings (SSSR count). The molecule has 0 aliphatic carbocycles. The first kappa shape index (κ1) is 12.4. The number of aryl methyl sites for hydroxylation is 1. The average molecular weight is 235 g/mol. The van der Waals surface area contributed by atoms with Crippen LogP contribution in [0.3, 0.4) is 0 Å². The first-order valence-electron chi connectivity index (χ1n) is 5.97. The Kier molecular flexibility index (Phi) is 3.15. The summed E-state index contributed by atoms with van der Waals surface area (Å²) in [6.07, 6.45) is 0. The van der Waals surface area contributed by atoms with E-state index in [0.717, 1.165) is 19.0 Å². The van der Waals surface area contributed by atoms with Crippen LogP contribution >= 0.6 is 0 Å². The molecule has 0 unspecified atom stereocenters. The summed E-state index contributed by atoms with van der Waals surface area (Å²) < 4.78 is 10.8. The van der Waals surface area contributed by atoms with Crippen LogP contribution in [0.2, 0.25) is 0 Å². The van der Waals surface area contributed by atoms with Gasteiger partial charge in [-0.25, -0.2) is 0 Å². The highest BCUT2D eigenvalue weighted by molar-refractivity contribution is 5.51. The van der Waals surface area contributed by atoms with Gasteiger partial charge in [0.15, 0.2) is 0 Å². The van der Waals surface area contributed by atoms with Gasteiger partial charge in [-0.3, -0.25) is 0 Å². The van der Waals surface area contributed by atoms with Gasteiger partial charge in [0.2, 0.25) is 0 Å². The zero-order chi connectivity index (χ0) is 12.6. The fourth-order valence-corrected chi connectivity index (χ4v) is 2.71. The minimum Gasteiger partial charge on any atom is -0.496 e. The van der Waals surface area contributed by atoms with Crippen LogP contribution in [0.15, 0.2) is 6.07 Å². The molecule has 0 amide bonds. The van der Waals surface area contributed by atoms with Crippen LogP contribution in [-0.2, 0) is 10.3 Å². The summed E-state index contributed by atoms with van der Waals surface area (Å²) in [6, 6.07) is 2.12. The summed E-state index contributed by atoms with van der Waals surface area (Å²) >= 11 is 0. The number of rotatable bonds is 3. The number of nitrogens with one attached hydrogen (secondary N) is 1. The third kappa shape index (κ3) is 1.74. The molecule has 1 fully saturated rings. The van der Waals surface area contributed by atoms with Crippen LogP contribution in [0.1, 0.15) is 22.3 Å². The summed E-state index contributed by atoms with van der Waals surface area (Å²) in [6.45, 7) is 7.91. The van der Waals surface area contributed by atoms with Gasteiger partial charge in [-0.2, -0.15) is 0 Å². The molecule has 94 valence electrons. The van der Waals surface area contributed by atoms with Crippen molar-refractivity contribution >= 4 is 0 Å². The monoisotopic (exact) mass is 235 g/mol. The van der Waals surface area contributed by atoms with Gasteiger partial charge in [0.1, 0.15) is 5.75 Å². The molecule has 1 aliphatic heterocycles.